The van der Waals surface area contributed by atoms with Crippen LogP contribution in [0.1, 0.15) is 31.4 Å². The maximum absolute atomic E-state index is 5.31. The molecule has 0 radical (unpaired) electrons. The van der Waals surface area contributed by atoms with Crippen molar-refractivity contribution in [2.45, 2.75) is 32.6 Å². The van der Waals surface area contributed by atoms with Gasteiger partial charge in [-0.25, -0.2) is 0 Å². The third kappa shape index (κ3) is 2.58. The molecule has 0 amide bonds. The predicted molar refractivity (Wildman–Crippen MR) is 83.7 cm³/mol. The lowest BCUT2D eigenvalue weighted by atomic mass is 10.1. The highest BCUT2D eigenvalue weighted by molar-refractivity contribution is 5.92. The molecule has 1 aliphatic rings. The zero-order chi connectivity index (χ0) is 13.9. The molecular weight excluding hydrogens is 248 g/mol. The average Bonchev–Trinajstić information content (AvgIpc) is 2.74. The van der Waals surface area contributed by atoms with E-state index in [9.17, 15) is 0 Å². The molecule has 3 rings (SSSR count). The third-order valence-electron chi connectivity index (χ3n) is 4.07. The standard InChI is InChI=1S/C17H22N2O/c1-13-11-17(19-9-5-3-4-6-10-19)15-8-7-14(20-2)12-16(15)18-13/h7-8,11-12H,3-6,9-10H2,1-2H3. The minimum absolute atomic E-state index is 0.873. The van der Waals surface area contributed by atoms with Gasteiger partial charge in [0.15, 0.2) is 0 Å². The lowest BCUT2D eigenvalue weighted by Gasteiger charge is -2.24. The van der Waals surface area contributed by atoms with E-state index in [1.165, 1.54) is 36.8 Å². The Morgan fingerprint density at radius 2 is 1.80 bits per heavy atom. The maximum atomic E-state index is 5.31. The number of benzene rings is 1. The van der Waals surface area contributed by atoms with Gasteiger partial charge in [-0.3, -0.25) is 4.98 Å². The molecule has 106 valence electrons. The van der Waals surface area contributed by atoms with Crippen LogP contribution in [0, 0.1) is 6.92 Å². The first kappa shape index (κ1) is 13.2. The zero-order valence-electron chi connectivity index (χ0n) is 12.4. The number of aryl methyl sites for hydroxylation is 1. The van der Waals surface area contributed by atoms with Gasteiger partial charge in [-0.2, -0.15) is 0 Å². The number of nitrogens with zero attached hydrogens (tertiary/aromatic N) is 2. The Morgan fingerprint density at radius 1 is 1.05 bits per heavy atom. The molecular formula is C17H22N2O. The number of hydrogen-bond donors (Lipinski definition) is 0. The van der Waals surface area contributed by atoms with Crippen molar-refractivity contribution in [1.82, 2.24) is 4.98 Å². The Balaban J connectivity index is 2.08. The number of pyridine rings is 1. The van der Waals surface area contributed by atoms with Crippen molar-refractivity contribution < 1.29 is 4.74 Å². The highest BCUT2D eigenvalue weighted by Gasteiger charge is 2.14. The first-order valence-electron chi connectivity index (χ1n) is 7.48. The van der Waals surface area contributed by atoms with Crippen LogP contribution in [0.4, 0.5) is 5.69 Å². The SMILES string of the molecule is COc1ccc2c(N3CCCCCC3)cc(C)nc2c1. The summed E-state index contributed by atoms with van der Waals surface area (Å²) in [6, 6.07) is 8.42. The van der Waals surface area contributed by atoms with E-state index < -0.39 is 0 Å². The largest absolute Gasteiger partial charge is 0.497 e. The monoisotopic (exact) mass is 270 g/mol. The smallest absolute Gasteiger partial charge is 0.121 e. The molecule has 2 heterocycles. The Kier molecular flexibility index (Phi) is 3.77. The van der Waals surface area contributed by atoms with Crippen LogP contribution < -0.4 is 9.64 Å². The Bertz CT molecular complexity index is 601. The number of anilines is 1. The van der Waals surface area contributed by atoms with Gasteiger partial charge in [-0.05, 0) is 38.0 Å². The number of hydrogen-bond acceptors (Lipinski definition) is 3. The van der Waals surface area contributed by atoms with E-state index >= 15 is 0 Å². The molecule has 1 aromatic heterocycles. The van der Waals surface area contributed by atoms with Crippen LogP contribution in [0.5, 0.6) is 5.75 Å². The number of fused-ring (bicyclic) bond motifs is 1. The van der Waals surface area contributed by atoms with Gasteiger partial charge in [0, 0.05) is 35.9 Å². The summed E-state index contributed by atoms with van der Waals surface area (Å²) in [5.41, 5.74) is 3.44. The Labute approximate surface area is 120 Å². The van der Waals surface area contributed by atoms with E-state index in [0.29, 0.717) is 0 Å². The fourth-order valence-corrected chi connectivity index (χ4v) is 3.02. The normalized spacial score (nSPS) is 16.2. The van der Waals surface area contributed by atoms with Crippen LogP contribution in [-0.2, 0) is 0 Å². The lowest BCUT2D eigenvalue weighted by molar-refractivity contribution is 0.415. The van der Waals surface area contributed by atoms with Crippen LogP contribution >= 0.6 is 0 Å². The first-order valence-corrected chi connectivity index (χ1v) is 7.48. The van der Waals surface area contributed by atoms with Gasteiger partial charge in [0.25, 0.3) is 0 Å². The summed E-state index contributed by atoms with van der Waals surface area (Å²) < 4.78 is 5.31. The van der Waals surface area contributed by atoms with Gasteiger partial charge in [0.05, 0.1) is 12.6 Å². The van der Waals surface area contributed by atoms with Crippen LogP contribution in [0.25, 0.3) is 10.9 Å². The Morgan fingerprint density at radius 3 is 2.50 bits per heavy atom. The molecule has 0 aliphatic carbocycles. The van der Waals surface area contributed by atoms with Crippen molar-refractivity contribution in [2.24, 2.45) is 0 Å². The molecule has 1 aliphatic heterocycles. The molecule has 0 unspecified atom stereocenters. The molecule has 2 aromatic rings. The second-order valence-electron chi connectivity index (χ2n) is 5.57. The van der Waals surface area contributed by atoms with Crippen molar-refractivity contribution in [1.29, 1.82) is 0 Å². The summed E-state index contributed by atoms with van der Waals surface area (Å²) in [6.07, 6.45) is 5.29. The van der Waals surface area contributed by atoms with Gasteiger partial charge in [0.1, 0.15) is 5.75 Å². The molecule has 20 heavy (non-hydrogen) atoms. The summed E-state index contributed by atoms with van der Waals surface area (Å²) in [5.74, 6) is 0.873. The van der Waals surface area contributed by atoms with Crippen LogP contribution in [0.2, 0.25) is 0 Å². The van der Waals surface area contributed by atoms with Crippen LogP contribution in [-0.4, -0.2) is 25.2 Å². The molecule has 3 heteroatoms. The van der Waals surface area contributed by atoms with Crippen molar-refractivity contribution >= 4 is 16.6 Å². The molecule has 3 nitrogen and oxygen atoms in total. The lowest BCUT2D eigenvalue weighted by Crippen LogP contribution is -2.24. The summed E-state index contributed by atoms with van der Waals surface area (Å²) in [7, 11) is 1.70. The molecule has 1 fully saturated rings. The zero-order valence-corrected chi connectivity index (χ0v) is 12.4. The topological polar surface area (TPSA) is 25.4 Å². The van der Waals surface area contributed by atoms with E-state index in [0.717, 1.165) is 30.0 Å². The van der Waals surface area contributed by atoms with Crippen molar-refractivity contribution in [3.8, 4) is 5.75 Å². The first-order chi connectivity index (χ1) is 9.78. The van der Waals surface area contributed by atoms with Crippen LogP contribution in [0.15, 0.2) is 24.3 Å². The summed E-state index contributed by atoms with van der Waals surface area (Å²) in [6.45, 7) is 4.38. The summed E-state index contributed by atoms with van der Waals surface area (Å²) in [4.78, 5) is 7.18. The third-order valence-corrected chi connectivity index (χ3v) is 4.07. The van der Waals surface area contributed by atoms with E-state index in [1.807, 2.05) is 12.1 Å². The van der Waals surface area contributed by atoms with Crippen LogP contribution in [0.3, 0.4) is 0 Å². The second kappa shape index (κ2) is 5.70. The molecule has 0 saturated carbocycles. The van der Waals surface area contributed by atoms with Gasteiger partial charge in [-0.15, -0.1) is 0 Å². The van der Waals surface area contributed by atoms with Crippen molar-refractivity contribution in [3.05, 3.63) is 30.0 Å². The van der Waals surface area contributed by atoms with Gasteiger partial charge in [-0.1, -0.05) is 12.8 Å². The number of methoxy groups -OCH3 is 1. The molecule has 1 saturated heterocycles. The van der Waals surface area contributed by atoms with E-state index in [2.05, 4.69) is 28.9 Å². The van der Waals surface area contributed by atoms with E-state index in [4.69, 9.17) is 4.74 Å². The van der Waals surface area contributed by atoms with Crippen molar-refractivity contribution in [2.75, 3.05) is 25.1 Å². The minimum Gasteiger partial charge on any atom is -0.497 e. The maximum Gasteiger partial charge on any atom is 0.121 e. The van der Waals surface area contributed by atoms with E-state index in [-0.39, 0.29) is 0 Å². The second-order valence-corrected chi connectivity index (χ2v) is 5.57. The average molecular weight is 270 g/mol. The highest BCUT2D eigenvalue weighted by atomic mass is 16.5. The van der Waals surface area contributed by atoms with Crippen molar-refractivity contribution in [3.63, 3.8) is 0 Å². The molecule has 0 atom stereocenters. The van der Waals surface area contributed by atoms with Gasteiger partial charge in [0.2, 0.25) is 0 Å². The van der Waals surface area contributed by atoms with E-state index in [1.54, 1.807) is 7.11 Å². The van der Waals surface area contributed by atoms with Gasteiger partial charge >= 0.3 is 0 Å². The quantitative estimate of drug-likeness (QED) is 0.826. The summed E-state index contributed by atoms with van der Waals surface area (Å²) in [5, 5.41) is 1.23. The predicted octanol–water partition coefficient (Wildman–Crippen LogP) is 3.93. The highest BCUT2D eigenvalue weighted by Crippen LogP contribution is 2.30. The molecule has 1 aromatic carbocycles. The number of aromatic nitrogens is 1. The number of rotatable bonds is 2. The fourth-order valence-electron chi connectivity index (χ4n) is 3.02. The summed E-state index contributed by atoms with van der Waals surface area (Å²) >= 11 is 0. The van der Waals surface area contributed by atoms with Gasteiger partial charge < -0.3 is 9.64 Å². The molecule has 0 N–H and O–H groups in total. The fraction of sp³-hybridized carbons (Fsp3) is 0.471. The molecule has 0 spiro atoms. The Hall–Kier alpha value is -1.77. The number of ether oxygens (including phenoxy) is 1. The minimum atomic E-state index is 0.873. The molecule has 0 bridgehead atoms.